The fourth-order valence-electron chi connectivity index (χ4n) is 4.23. The second-order valence-electron chi connectivity index (χ2n) is 9.48. The van der Waals surface area contributed by atoms with Gasteiger partial charge < -0.3 is 10.2 Å². The lowest BCUT2D eigenvalue weighted by atomic mass is 10.1. The molecular weight excluding hydrogens is 448 g/mol. The highest BCUT2D eigenvalue weighted by Crippen LogP contribution is 2.26. The maximum Gasteiger partial charge on any atom is 0.254 e. The Balaban J connectivity index is 1.64. The second-order valence-corrected chi connectivity index (χ2v) is 9.48. The molecule has 1 heterocycles. The molecule has 4 rings (SSSR count). The Kier molecular flexibility index (Phi) is 7.64. The molecule has 0 saturated heterocycles. The average Bonchev–Trinajstić information content (AvgIpc) is 3.27. The van der Waals surface area contributed by atoms with Crippen molar-refractivity contribution in [1.82, 2.24) is 14.7 Å². The van der Waals surface area contributed by atoms with Gasteiger partial charge in [-0.25, -0.2) is 4.68 Å². The molecule has 2 amide bonds. The highest BCUT2D eigenvalue weighted by atomic mass is 16.2. The van der Waals surface area contributed by atoms with Gasteiger partial charge in [0, 0.05) is 23.7 Å². The zero-order chi connectivity index (χ0) is 25.7. The number of anilines is 1. The van der Waals surface area contributed by atoms with Gasteiger partial charge in [-0.3, -0.25) is 9.59 Å². The third kappa shape index (κ3) is 5.89. The van der Waals surface area contributed by atoms with Crippen LogP contribution in [0.25, 0.3) is 16.9 Å². The van der Waals surface area contributed by atoms with E-state index in [9.17, 15) is 9.59 Å². The fourth-order valence-corrected chi connectivity index (χ4v) is 4.23. The van der Waals surface area contributed by atoms with Gasteiger partial charge in [0.15, 0.2) is 0 Å². The van der Waals surface area contributed by atoms with Gasteiger partial charge >= 0.3 is 0 Å². The molecule has 0 bridgehead atoms. The van der Waals surface area contributed by atoms with E-state index in [2.05, 4.69) is 11.4 Å². The van der Waals surface area contributed by atoms with Crippen LogP contribution < -0.4 is 5.32 Å². The van der Waals surface area contributed by atoms with E-state index in [-0.39, 0.29) is 24.3 Å². The van der Waals surface area contributed by atoms with Crippen LogP contribution in [0.2, 0.25) is 0 Å². The average molecular weight is 481 g/mol. The summed E-state index contributed by atoms with van der Waals surface area (Å²) in [5.41, 5.74) is 5.37. The van der Waals surface area contributed by atoms with Gasteiger partial charge in [-0.1, -0.05) is 80.1 Å². The van der Waals surface area contributed by atoms with E-state index in [1.807, 2.05) is 94.4 Å². The summed E-state index contributed by atoms with van der Waals surface area (Å²) >= 11 is 0. The molecule has 184 valence electrons. The van der Waals surface area contributed by atoms with Crippen molar-refractivity contribution < 1.29 is 9.59 Å². The van der Waals surface area contributed by atoms with E-state index in [0.717, 1.165) is 28.1 Å². The van der Waals surface area contributed by atoms with Crippen LogP contribution in [0, 0.1) is 19.8 Å². The van der Waals surface area contributed by atoms with Crippen molar-refractivity contribution in [1.29, 1.82) is 0 Å². The van der Waals surface area contributed by atoms with Crippen LogP contribution in [0.3, 0.4) is 0 Å². The summed E-state index contributed by atoms with van der Waals surface area (Å²) in [5.74, 6) is 0.344. The molecular formula is C30H32N4O2. The minimum atomic E-state index is -0.273. The van der Waals surface area contributed by atoms with Crippen LogP contribution in [-0.2, 0) is 4.79 Å². The molecule has 1 N–H and O–H groups in total. The number of aryl methyl sites for hydroxylation is 2. The van der Waals surface area contributed by atoms with Crippen molar-refractivity contribution in [2.45, 2.75) is 27.7 Å². The summed E-state index contributed by atoms with van der Waals surface area (Å²) in [5, 5.41) is 7.84. The quantitative estimate of drug-likeness (QED) is 0.342. The van der Waals surface area contributed by atoms with Crippen molar-refractivity contribution in [2.24, 2.45) is 5.92 Å². The van der Waals surface area contributed by atoms with E-state index in [4.69, 9.17) is 5.10 Å². The summed E-state index contributed by atoms with van der Waals surface area (Å²) in [7, 11) is 0. The maximum atomic E-state index is 13.3. The summed E-state index contributed by atoms with van der Waals surface area (Å²) in [4.78, 5) is 28.0. The predicted octanol–water partition coefficient (Wildman–Crippen LogP) is 5.89. The first kappa shape index (κ1) is 24.9. The van der Waals surface area contributed by atoms with Gasteiger partial charge in [0.05, 0.1) is 11.4 Å². The molecule has 36 heavy (non-hydrogen) atoms. The Labute approximate surface area is 212 Å². The Bertz CT molecular complexity index is 1340. The number of carbonyl (C=O) groups is 2. The molecule has 0 radical (unpaired) electrons. The van der Waals surface area contributed by atoms with Crippen LogP contribution in [0.4, 0.5) is 5.82 Å². The molecule has 0 fully saturated rings. The molecule has 0 spiro atoms. The Morgan fingerprint density at radius 1 is 0.917 bits per heavy atom. The number of benzene rings is 3. The van der Waals surface area contributed by atoms with Crippen LogP contribution in [-0.4, -0.2) is 39.6 Å². The van der Waals surface area contributed by atoms with Crippen molar-refractivity contribution in [3.63, 3.8) is 0 Å². The number of nitrogens with zero attached hydrogens (tertiary/aromatic N) is 3. The largest absolute Gasteiger partial charge is 0.329 e. The molecule has 0 aliphatic rings. The predicted molar refractivity (Wildman–Crippen MR) is 144 cm³/mol. The summed E-state index contributed by atoms with van der Waals surface area (Å²) in [6.45, 7) is 8.57. The summed E-state index contributed by atoms with van der Waals surface area (Å²) < 4.78 is 1.76. The second kappa shape index (κ2) is 11.0. The Hall–Kier alpha value is -4.19. The Morgan fingerprint density at radius 3 is 2.22 bits per heavy atom. The maximum absolute atomic E-state index is 13.3. The number of carbonyl (C=O) groups excluding carboxylic acids is 2. The SMILES string of the molecule is Cc1ccc(-n2nc(-c3ccccc3)cc2NC(=O)CN(CC(C)C)C(=O)c2ccccc2)c(C)c1. The first-order chi connectivity index (χ1) is 17.3. The lowest BCUT2D eigenvalue weighted by molar-refractivity contribution is -0.117. The molecule has 0 saturated carbocycles. The van der Waals surface area contributed by atoms with Gasteiger partial charge in [0.2, 0.25) is 5.91 Å². The lowest BCUT2D eigenvalue weighted by Gasteiger charge is -2.24. The third-order valence-corrected chi connectivity index (χ3v) is 5.85. The van der Waals surface area contributed by atoms with Crippen LogP contribution in [0.5, 0.6) is 0 Å². The molecule has 0 unspecified atom stereocenters. The van der Waals surface area contributed by atoms with E-state index >= 15 is 0 Å². The highest BCUT2D eigenvalue weighted by molar-refractivity contribution is 5.99. The minimum Gasteiger partial charge on any atom is -0.329 e. The summed E-state index contributed by atoms with van der Waals surface area (Å²) in [6.07, 6.45) is 0. The minimum absolute atomic E-state index is 0.0510. The van der Waals surface area contributed by atoms with Gasteiger partial charge in [0.1, 0.15) is 12.4 Å². The first-order valence-corrected chi connectivity index (χ1v) is 12.2. The molecule has 3 aromatic carbocycles. The van der Waals surface area contributed by atoms with Gasteiger partial charge in [-0.15, -0.1) is 0 Å². The molecule has 0 atom stereocenters. The smallest absolute Gasteiger partial charge is 0.254 e. The van der Waals surface area contributed by atoms with Gasteiger partial charge in [-0.05, 0) is 43.5 Å². The van der Waals surface area contributed by atoms with E-state index in [1.165, 1.54) is 0 Å². The standard InChI is InChI=1S/C30H32N4O2/c1-21(2)19-33(30(36)25-13-9-6-10-14-25)20-29(35)31-28-18-26(24-11-7-5-8-12-24)32-34(28)27-16-15-22(3)17-23(27)4/h5-18,21H,19-20H2,1-4H3,(H,31,35). The number of hydrogen-bond donors (Lipinski definition) is 1. The molecule has 0 aliphatic carbocycles. The van der Waals surface area contributed by atoms with E-state index in [1.54, 1.807) is 21.7 Å². The number of amides is 2. The fraction of sp³-hybridized carbons (Fsp3) is 0.233. The highest BCUT2D eigenvalue weighted by Gasteiger charge is 2.21. The molecule has 0 aliphatic heterocycles. The molecule has 6 nitrogen and oxygen atoms in total. The zero-order valence-corrected chi connectivity index (χ0v) is 21.2. The monoisotopic (exact) mass is 480 g/mol. The number of aromatic nitrogens is 2. The van der Waals surface area contributed by atoms with Crippen molar-refractivity contribution in [2.75, 3.05) is 18.4 Å². The molecule has 4 aromatic rings. The van der Waals surface area contributed by atoms with E-state index in [0.29, 0.717) is 17.9 Å². The van der Waals surface area contributed by atoms with Crippen LogP contribution in [0.1, 0.15) is 35.3 Å². The van der Waals surface area contributed by atoms with Gasteiger partial charge in [-0.2, -0.15) is 5.10 Å². The molecule has 1 aromatic heterocycles. The van der Waals surface area contributed by atoms with Crippen LogP contribution in [0.15, 0.2) is 84.9 Å². The zero-order valence-electron chi connectivity index (χ0n) is 21.2. The number of hydrogen-bond acceptors (Lipinski definition) is 3. The third-order valence-electron chi connectivity index (χ3n) is 5.85. The first-order valence-electron chi connectivity index (χ1n) is 12.2. The van der Waals surface area contributed by atoms with Gasteiger partial charge in [0.25, 0.3) is 5.91 Å². The summed E-state index contributed by atoms with van der Waals surface area (Å²) in [6, 6.07) is 26.9. The molecule has 6 heteroatoms. The van der Waals surface area contributed by atoms with Crippen molar-refractivity contribution in [3.8, 4) is 16.9 Å². The van der Waals surface area contributed by atoms with Crippen LogP contribution >= 0.6 is 0 Å². The normalized spacial score (nSPS) is 10.9. The number of rotatable bonds is 8. The Morgan fingerprint density at radius 2 is 1.58 bits per heavy atom. The lowest BCUT2D eigenvalue weighted by Crippen LogP contribution is -2.40. The van der Waals surface area contributed by atoms with Crippen molar-refractivity contribution >= 4 is 17.6 Å². The van der Waals surface area contributed by atoms with E-state index < -0.39 is 0 Å². The topological polar surface area (TPSA) is 67.2 Å². The number of nitrogens with one attached hydrogen (secondary N) is 1. The van der Waals surface area contributed by atoms with Crippen molar-refractivity contribution in [3.05, 3.63) is 102 Å².